The topological polar surface area (TPSA) is 41.7 Å². The monoisotopic (exact) mass is 618 g/mol. The third-order valence-corrected chi connectivity index (χ3v) is 9.20. The second-order valence-corrected chi connectivity index (χ2v) is 12.5. The minimum absolute atomic E-state index is 0.295. The Hall–Kier alpha value is -1.75. The number of hydrogen-bond acceptors (Lipinski definition) is 3. The molecule has 0 radical (unpaired) electrons. The van der Waals surface area contributed by atoms with Gasteiger partial charge in [0.25, 0.3) is 0 Å². The number of aliphatic hydroxyl groups is 1. The fraction of sp³-hybridized carbons (Fsp3) is 0.639. The van der Waals surface area contributed by atoms with Gasteiger partial charge in [0.05, 0.1) is 29.3 Å². The summed E-state index contributed by atoms with van der Waals surface area (Å²) in [6.07, 6.45) is 20.3. The van der Waals surface area contributed by atoms with E-state index in [0.29, 0.717) is 19.8 Å². The number of nitrogens with zero attached hydrogens (tertiary/aromatic N) is 1. The lowest BCUT2D eigenvalue weighted by molar-refractivity contribution is -0.545. The average molecular weight is 620 g/mol. The Morgan fingerprint density at radius 1 is 0.786 bits per heavy atom. The molecular formula is C36H54Cl2NO3+. The fourth-order valence-electron chi connectivity index (χ4n) is 6.04. The minimum Gasteiger partial charge on any atom is -0.493 e. The number of aliphatic hydroxyl groups excluding tert-OH is 1. The summed E-state index contributed by atoms with van der Waals surface area (Å²) in [5.41, 5.74) is 4.91. The van der Waals surface area contributed by atoms with Crippen molar-refractivity contribution in [2.45, 2.75) is 123 Å². The summed E-state index contributed by atoms with van der Waals surface area (Å²) < 4.78 is 14.7. The smallest absolute Gasteiger partial charge is 0.184 e. The first kappa shape index (κ1) is 34.7. The molecule has 0 atom stereocenters. The maximum Gasteiger partial charge on any atom is 0.184 e. The van der Waals surface area contributed by atoms with Crippen molar-refractivity contribution >= 4 is 28.9 Å². The average Bonchev–Trinajstić information content (AvgIpc) is 2.99. The van der Waals surface area contributed by atoms with Crippen LogP contribution in [-0.2, 0) is 13.0 Å². The molecule has 1 aliphatic rings. The molecule has 0 saturated heterocycles. The standard InChI is InChI=1S/C36H54Cl2NO3/c1-3-4-5-6-7-8-9-12-15-21-34-29-22-23-35(41-2)36(42-27-17-14-11-10-13-16-26-40)30(29)24-25-39(34)28-31-32(37)19-18-20-33(31)38/h18-20,22-23,40H,3-17,21,24-28H2,1-2H3/q+1. The summed E-state index contributed by atoms with van der Waals surface area (Å²) in [5, 5.41) is 10.4. The van der Waals surface area contributed by atoms with Crippen molar-refractivity contribution in [2.24, 2.45) is 0 Å². The van der Waals surface area contributed by atoms with Gasteiger partial charge in [-0.1, -0.05) is 113 Å². The minimum atomic E-state index is 0.295. The first-order chi connectivity index (χ1) is 20.6. The van der Waals surface area contributed by atoms with Crippen molar-refractivity contribution in [2.75, 3.05) is 26.9 Å². The molecule has 0 spiro atoms. The molecule has 42 heavy (non-hydrogen) atoms. The molecule has 0 bridgehead atoms. The zero-order valence-corrected chi connectivity index (χ0v) is 27.7. The lowest BCUT2D eigenvalue weighted by atomic mass is 9.91. The van der Waals surface area contributed by atoms with Crippen LogP contribution in [-0.4, -0.2) is 42.3 Å². The summed E-state index contributed by atoms with van der Waals surface area (Å²) in [6, 6.07) is 10.1. The predicted octanol–water partition coefficient (Wildman–Crippen LogP) is 10.2. The number of ether oxygens (including phenoxy) is 2. The van der Waals surface area contributed by atoms with E-state index in [-0.39, 0.29) is 0 Å². The first-order valence-electron chi connectivity index (χ1n) is 16.6. The van der Waals surface area contributed by atoms with E-state index in [1.54, 1.807) is 7.11 Å². The molecule has 1 N–H and O–H groups in total. The van der Waals surface area contributed by atoms with Crippen molar-refractivity contribution in [3.63, 3.8) is 0 Å². The Morgan fingerprint density at radius 2 is 1.40 bits per heavy atom. The number of halogens is 2. The molecule has 1 aliphatic heterocycles. The van der Waals surface area contributed by atoms with E-state index < -0.39 is 0 Å². The van der Waals surface area contributed by atoms with E-state index in [0.717, 1.165) is 72.2 Å². The summed E-state index contributed by atoms with van der Waals surface area (Å²) in [4.78, 5) is 0. The third kappa shape index (κ3) is 11.1. The third-order valence-electron chi connectivity index (χ3n) is 8.50. The molecule has 0 aromatic heterocycles. The summed E-state index contributed by atoms with van der Waals surface area (Å²) in [7, 11) is 1.73. The second-order valence-electron chi connectivity index (χ2n) is 11.7. The second kappa shape index (κ2) is 20.3. The van der Waals surface area contributed by atoms with Gasteiger partial charge in [-0.3, -0.25) is 0 Å². The van der Waals surface area contributed by atoms with Crippen molar-refractivity contribution in [1.82, 2.24) is 0 Å². The van der Waals surface area contributed by atoms with E-state index in [2.05, 4.69) is 23.6 Å². The molecule has 4 nitrogen and oxygen atoms in total. The van der Waals surface area contributed by atoms with E-state index in [4.69, 9.17) is 37.8 Å². The molecule has 0 aliphatic carbocycles. The predicted molar refractivity (Wildman–Crippen MR) is 178 cm³/mol. The molecule has 0 fully saturated rings. The summed E-state index contributed by atoms with van der Waals surface area (Å²) >= 11 is 13.2. The lowest BCUT2D eigenvalue weighted by Crippen LogP contribution is -2.30. The van der Waals surface area contributed by atoms with Crippen LogP contribution in [0, 0.1) is 0 Å². The van der Waals surface area contributed by atoms with Gasteiger partial charge in [0, 0.05) is 30.6 Å². The Bertz CT molecular complexity index is 1080. The molecule has 0 amide bonds. The largest absolute Gasteiger partial charge is 0.493 e. The van der Waals surface area contributed by atoms with Gasteiger partial charge in [-0.2, -0.15) is 0 Å². The van der Waals surface area contributed by atoms with Crippen LogP contribution < -0.4 is 9.47 Å². The van der Waals surface area contributed by atoms with Crippen molar-refractivity contribution in [3.05, 3.63) is 57.1 Å². The zero-order valence-electron chi connectivity index (χ0n) is 26.2. The number of methoxy groups -OCH3 is 1. The zero-order chi connectivity index (χ0) is 30.0. The quantitative estimate of drug-likeness (QED) is 0.105. The Kier molecular flexibility index (Phi) is 16.7. The van der Waals surface area contributed by atoms with Crippen LogP contribution in [0.15, 0.2) is 30.3 Å². The maximum atomic E-state index is 8.98. The lowest BCUT2D eigenvalue weighted by Gasteiger charge is -2.23. The van der Waals surface area contributed by atoms with Gasteiger partial charge in [-0.15, -0.1) is 0 Å². The number of fused-ring (bicyclic) bond motifs is 1. The van der Waals surface area contributed by atoms with Crippen LogP contribution in [0.25, 0.3) is 0 Å². The van der Waals surface area contributed by atoms with Gasteiger partial charge < -0.3 is 14.6 Å². The molecule has 0 saturated carbocycles. The molecule has 6 heteroatoms. The van der Waals surface area contributed by atoms with Crippen LogP contribution in [0.5, 0.6) is 11.5 Å². The van der Waals surface area contributed by atoms with Gasteiger partial charge in [-0.25, -0.2) is 4.58 Å². The van der Waals surface area contributed by atoms with E-state index >= 15 is 0 Å². The van der Waals surface area contributed by atoms with Crippen molar-refractivity contribution in [3.8, 4) is 11.5 Å². The van der Waals surface area contributed by atoms with Gasteiger partial charge in [0.1, 0.15) is 6.54 Å². The fourth-order valence-corrected chi connectivity index (χ4v) is 6.55. The molecule has 2 aromatic carbocycles. The summed E-state index contributed by atoms with van der Waals surface area (Å²) in [5.74, 6) is 1.73. The van der Waals surface area contributed by atoms with Gasteiger partial charge in [0.2, 0.25) is 0 Å². The van der Waals surface area contributed by atoms with Crippen LogP contribution in [0.3, 0.4) is 0 Å². The number of hydrogen-bond donors (Lipinski definition) is 1. The molecule has 234 valence electrons. The Morgan fingerprint density at radius 3 is 2.05 bits per heavy atom. The molecule has 3 rings (SSSR count). The van der Waals surface area contributed by atoms with Crippen molar-refractivity contribution in [1.29, 1.82) is 0 Å². The van der Waals surface area contributed by atoms with E-state index in [1.807, 2.05) is 18.2 Å². The number of benzene rings is 2. The Balaban J connectivity index is 1.73. The Labute approximate surface area is 265 Å². The van der Waals surface area contributed by atoms with Crippen LogP contribution in [0.1, 0.15) is 126 Å². The van der Waals surface area contributed by atoms with Crippen LogP contribution >= 0.6 is 23.2 Å². The van der Waals surface area contributed by atoms with Gasteiger partial charge >= 0.3 is 0 Å². The van der Waals surface area contributed by atoms with E-state index in [9.17, 15) is 0 Å². The normalized spacial score (nSPS) is 13.0. The molecular weight excluding hydrogens is 565 g/mol. The van der Waals surface area contributed by atoms with Crippen molar-refractivity contribution < 1.29 is 19.2 Å². The molecule has 2 aromatic rings. The highest BCUT2D eigenvalue weighted by Crippen LogP contribution is 2.37. The van der Waals surface area contributed by atoms with E-state index in [1.165, 1.54) is 87.5 Å². The number of unbranched alkanes of at least 4 members (excludes halogenated alkanes) is 13. The highest BCUT2D eigenvalue weighted by molar-refractivity contribution is 6.35. The van der Waals surface area contributed by atoms with Gasteiger partial charge in [-0.05, 0) is 43.5 Å². The highest BCUT2D eigenvalue weighted by atomic mass is 35.5. The SMILES string of the molecule is CCCCCCCCCCCC1=[N+](Cc2c(Cl)cccc2Cl)CCc2c1ccc(OC)c2OCCCCCCCCO. The maximum absolute atomic E-state index is 8.98. The first-order valence-corrected chi connectivity index (χ1v) is 17.3. The van der Waals surface area contributed by atoms with Crippen LogP contribution in [0.4, 0.5) is 0 Å². The van der Waals surface area contributed by atoms with Crippen LogP contribution in [0.2, 0.25) is 10.0 Å². The highest BCUT2D eigenvalue weighted by Gasteiger charge is 2.30. The summed E-state index contributed by atoms with van der Waals surface area (Å²) in [6.45, 7) is 4.88. The molecule has 0 unspecified atom stereocenters. The van der Waals surface area contributed by atoms with Gasteiger partial charge in [0.15, 0.2) is 23.8 Å². The number of rotatable bonds is 22. The molecule has 1 heterocycles.